The van der Waals surface area contributed by atoms with E-state index in [-0.39, 0.29) is 19.1 Å². The quantitative estimate of drug-likeness (QED) is 0.480. The van der Waals surface area contributed by atoms with Gasteiger partial charge in [-0.2, -0.15) is 0 Å². The molecule has 0 amide bonds. The molecule has 0 aliphatic heterocycles. The van der Waals surface area contributed by atoms with Crippen molar-refractivity contribution < 1.29 is 24.2 Å². The summed E-state index contributed by atoms with van der Waals surface area (Å²) in [7, 11) is 0. The van der Waals surface area contributed by atoms with Gasteiger partial charge in [-0.15, -0.1) is 0 Å². The monoisotopic (exact) mass is 287 g/mol. The lowest BCUT2D eigenvalue weighted by atomic mass is 9.95. The Morgan fingerprint density at radius 3 is 2.40 bits per heavy atom. The molecule has 0 fully saturated rings. The summed E-state index contributed by atoms with van der Waals surface area (Å²) in [6.07, 6.45) is 0.351. The predicted octanol–water partition coefficient (Wildman–Crippen LogP) is 0.772. The second-order valence-corrected chi connectivity index (χ2v) is 4.86. The highest BCUT2D eigenvalue weighted by atomic mass is 16.6. The van der Waals surface area contributed by atoms with Gasteiger partial charge < -0.3 is 20.3 Å². The SMILES string of the molecule is C=CC(=O)OC(CC)C(COC(=O)CC(C)N)C(C)O. The summed E-state index contributed by atoms with van der Waals surface area (Å²) in [6, 6.07) is -0.284. The standard InChI is InChI=1S/C14H25NO5/c1-5-12(20-13(17)6-2)11(10(4)16)8-19-14(18)7-9(3)15/h6,9-12,16H,2,5,7-8,15H2,1,3-4H3. The highest BCUT2D eigenvalue weighted by Crippen LogP contribution is 2.17. The first-order chi connectivity index (χ1) is 9.31. The molecule has 0 bridgehead atoms. The number of esters is 2. The van der Waals surface area contributed by atoms with Gasteiger partial charge in [-0.05, 0) is 20.3 Å². The first kappa shape index (κ1) is 18.6. The molecule has 20 heavy (non-hydrogen) atoms. The van der Waals surface area contributed by atoms with E-state index in [1.807, 2.05) is 6.92 Å². The molecule has 0 aliphatic carbocycles. The van der Waals surface area contributed by atoms with Gasteiger partial charge in [0.05, 0.1) is 18.4 Å². The molecule has 0 radical (unpaired) electrons. The number of ether oxygens (including phenoxy) is 2. The van der Waals surface area contributed by atoms with Gasteiger partial charge in [-0.3, -0.25) is 4.79 Å². The van der Waals surface area contributed by atoms with E-state index < -0.39 is 30.1 Å². The molecular formula is C14H25NO5. The van der Waals surface area contributed by atoms with Crippen molar-refractivity contribution in [1.82, 2.24) is 0 Å². The first-order valence-electron chi connectivity index (χ1n) is 6.74. The molecule has 4 unspecified atom stereocenters. The fourth-order valence-corrected chi connectivity index (χ4v) is 1.74. The Morgan fingerprint density at radius 1 is 1.40 bits per heavy atom. The summed E-state index contributed by atoms with van der Waals surface area (Å²) in [5, 5.41) is 9.76. The van der Waals surface area contributed by atoms with Crippen molar-refractivity contribution in [1.29, 1.82) is 0 Å². The molecule has 0 aromatic heterocycles. The zero-order valence-electron chi connectivity index (χ0n) is 12.4. The second-order valence-electron chi connectivity index (χ2n) is 4.86. The van der Waals surface area contributed by atoms with Crippen LogP contribution in [0.2, 0.25) is 0 Å². The minimum Gasteiger partial charge on any atom is -0.465 e. The molecule has 116 valence electrons. The molecular weight excluding hydrogens is 262 g/mol. The fraction of sp³-hybridized carbons (Fsp3) is 0.714. The molecule has 0 spiro atoms. The van der Waals surface area contributed by atoms with E-state index in [2.05, 4.69) is 6.58 Å². The van der Waals surface area contributed by atoms with E-state index in [1.54, 1.807) is 13.8 Å². The lowest BCUT2D eigenvalue weighted by molar-refractivity contribution is -0.155. The van der Waals surface area contributed by atoms with Crippen molar-refractivity contribution >= 4 is 11.9 Å². The summed E-state index contributed by atoms with van der Waals surface area (Å²) in [4.78, 5) is 22.7. The molecule has 0 saturated carbocycles. The van der Waals surface area contributed by atoms with Gasteiger partial charge in [-0.25, -0.2) is 4.79 Å². The maximum Gasteiger partial charge on any atom is 0.330 e. The van der Waals surface area contributed by atoms with Gasteiger partial charge in [0, 0.05) is 12.1 Å². The molecule has 6 heteroatoms. The van der Waals surface area contributed by atoms with Crippen molar-refractivity contribution in [3.8, 4) is 0 Å². The Hall–Kier alpha value is -1.40. The van der Waals surface area contributed by atoms with E-state index in [4.69, 9.17) is 15.2 Å². The molecule has 3 N–H and O–H groups in total. The third kappa shape index (κ3) is 7.25. The smallest absolute Gasteiger partial charge is 0.330 e. The summed E-state index contributed by atoms with van der Waals surface area (Å²) in [6.45, 7) is 8.39. The van der Waals surface area contributed by atoms with Crippen molar-refractivity contribution in [3.63, 3.8) is 0 Å². The van der Waals surface area contributed by atoms with Crippen LogP contribution in [0.5, 0.6) is 0 Å². The molecule has 0 saturated heterocycles. The van der Waals surface area contributed by atoms with Crippen LogP contribution in [0.25, 0.3) is 0 Å². The Balaban J connectivity index is 4.57. The summed E-state index contributed by atoms with van der Waals surface area (Å²) in [5.74, 6) is -1.49. The van der Waals surface area contributed by atoms with Gasteiger partial charge in [0.1, 0.15) is 12.7 Å². The van der Waals surface area contributed by atoms with Crippen molar-refractivity contribution in [2.24, 2.45) is 11.7 Å². The number of hydrogen-bond donors (Lipinski definition) is 2. The topological polar surface area (TPSA) is 98.9 Å². The number of carbonyl (C=O) groups is 2. The molecule has 0 aliphatic rings. The minimum absolute atomic E-state index is 0.0217. The van der Waals surface area contributed by atoms with E-state index in [1.165, 1.54) is 0 Å². The largest absolute Gasteiger partial charge is 0.465 e. The van der Waals surface area contributed by atoms with E-state index in [0.717, 1.165) is 6.08 Å². The second kappa shape index (κ2) is 9.50. The average Bonchev–Trinajstić information content (AvgIpc) is 2.35. The Labute approximate surface area is 119 Å². The zero-order chi connectivity index (χ0) is 15.7. The molecule has 0 rings (SSSR count). The van der Waals surface area contributed by atoms with Crippen molar-refractivity contribution in [2.45, 2.75) is 51.9 Å². The van der Waals surface area contributed by atoms with Crippen LogP contribution in [0.4, 0.5) is 0 Å². The number of aliphatic hydroxyl groups excluding tert-OH is 1. The molecule has 0 aromatic carbocycles. The zero-order valence-corrected chi connectivity index (χ0v) is 12.4. The minimum atomic E-state index is -0.777. The highest BCUT2D eigenvalue weighted by Gasteiger charge is 2.28. The number of nitrogens with two attached hydrogens (primary N) is 1. The molecule has 0 aromatic rings. The maximum absolute atomic E-state index is 11.5. The normalized spacial score (nSPS) is 16.6. The molecule has 4 atom stereocenters. The predicted molar refractivity (Wildman–Crippen MR) is 74.8 cm³/mol. The Morgan fingerprint density at radius 2 is 2.00 bits per heavy atom. The van der Waals surface area contributed by atoms with Crippen LogP contribution in [0.15, 0.2) is 12.7 Å². The van der Waals surface area contributed by atoms with E-state index >= 15 is 0 Å². The van der Waals surface area contributed by atoms with E-state index in [9.17, 15) is 14.7 Å². The van der Waals surface area contributed by atoms with Crippen LogP contribution in [-0.4, -0.2) is 41.9 Å². The van der Waals surface area contributed by atoms with Crippen molar-refractivity contribution in [2.75, 3.05) is 6.61 Å². The summed E-state index contributed by atoms with van der Waals surface area (Å²) >= 11 is 0. The van der Waals surface area contributed by atoms with Gasteiger partial charge >= 0.3 is 11.9 Å². The van der Waals surface area contributed by atoms with Crippen molar-refractivity contribution in [3.05, 3.63) is 12.7 Å². The van der Waals surface area contributed by atoms with E-state index in [0.29, 0.717) is 6.42 Å². The van der Waals surface area contributed by atoms with Gasteiger partial charge in [0.25, 0.3) is 0 Å². The lowest BCUT2D eigenvalue weighted by Gasteiger charge is -2.27. The summed E-state index contributed by atoms with van der Waals surface area (Å²) in [5.41, 5.74) is 5.50. The number of carbonyl (C=O) groups excluding carboxylic acids is 2. The van der Waals surface area contributed by atoms with Crippen LogP contribution in [0.1, 0.15) is 33.6 Å². The van der Waals surface area contributed by atoms with Crippen LogP contribution < -0.4 is 5.73 Å². The average molecular weight is 287 g/mol. The van der Waals surface area contributed by atoms with Crippen LogP contribution in [0.3, 0.4) is 0 Å². The maximum atomic E-state index is 11.5. The highest BCUT2D eigenvalue weighted by molar-refractivity contribution is 5.81. The third-order valence-corrected chi connectivity index (χ3v) is 2.86. The van der Waals surface area contributed by atoms with Crippen LogP contribution in [0, 0.1) is 5.92 Å². The molecule has 0 heterocycles. The molecule has 6 nitrogen and oxygen atoms in total. The van der Waals surface area contributed by atoms with Gasteiger partial charge in [0.2, 0.25) is 0 Å². The first-order valence-corrected chi connectivity index (χ1v) is 6.74. The Bertz CT molecular complexity index is 328. The fourth-order valence-electron chi connectivity index (χ4n) is 1.74. The number of hydrogen-bond acceptors (Lipinski definition) is 6. The Kier molecular flexibility index (Phi) is 8.83. The summed E-state index contributed by atoms with van der Waals surface area (Å²) < 4.78 is 10.2. The van der Waals surface area contributed by atoms with Crippen LogP contribution >= 0.6 is 0 Å². The van der Waals surface area contributed by atoms with Gasteiger partial charge in [0.15, 0.2) is 0 Å². The van der Waals surface area contributed by atoms with Gasteiger partial charge in [-0.1, -0.05) is 13.5 Å². The van der Waals surface area contributed by atoms with Crippen LogP contribution in [-0.2, 0) is 19.1 Å². The number of rotatable bonds is 9. The lowest BCUT2D eigenvalue weighted by Crippen LogP contribution is -2.37. The number of aliphatic hydroxyl groups is 1. The third-order valence-electron chi connectivity index (χ3n) is 2.86.